The number of hydrogen-bond acceptors (Lipinski definition) is 1. The lowest BCUT2D eigenvalue weighted by Crippen LogP contribution is -2.45. The van der Waals surface area contributed by atoms with Gasteiger partial charge in [-0.15, -0.1) is 0 Å². The standard InChI is InChI=1S/C15H21N/c1-14(2,16)15(9-10-15)13-7-5-12(6-8-13)11-3-4-11/h5-8,11H,3-4,9-10,16H2,1-2H3. The molecule has 16 heavy (non-hydrogen) atoms. The molecule has 0 amide bonds. The molecule has 2 saturated carbocycles. The largest absolute Gasteiger partial charge is 0.325 e. The molecule has 0 saturated heterocycles. The van der Waals surface area contributed by atoms with Crippen molar-refractivity contribution in [1.82, 2.24) is 0 Å². The monoisotopic (exact) mass is 215 g/mol. The molecule has 1 aromatic carbocycles. The van der Waals surface area contributed by atoms with E-state index < -0.39 is 0 Å². The van der Waals surface area contributed by atoms with Gasteiger partial charge in [0.05, 0.1) is 0 Å². The van der Waals surface area contributed by atoms with Gasteiger partial charge in [0.1, 0.15) is 0 Å². The van der Waals surface area contributed by atoms with Crippen LogP contribution < -0.4 is 5.73 Å². The van der Waals surface area contributed by atoms with Crippen LogP contribution in [0.2, 0.25) is 0 Å². The number of hydrogen-bond donors (Lipinski definition) is 1. The number of rotatable bonds is 3. The Morgan fingerprint density at radius 2 is 1.69 bits per heavy atom. The molecular weight excluding hydrogens is 194 g/mol. The van der Waals surface area contributed by atoms with Gasteiger partial charge in [0, 0.05) is 11.0 Å². The van der Waals surface area contributed by atoms with Gasteiger partial charge in [-0.2, -0.15) is 0 Å². The lowest BCUT2D eigenvalue weighted by Gasteiger charge is -2.31. The fraction of sp³-hybridized carbons (Fsp3) is 0.600. The van der Waals surface area contributed by atoms with E-state index in [4.69, 9.17) is 5.73 Å². The summed E-state index contributed by atoms with van der Waals surface area (Å²) in [7, 11) is 0. The first-order valence-corrected chi connectivity index (χ1v) is 6.42. The smallest absolute Gasteiger partial charge is 0.0195 e. The topological polar surface area (TPSA) is 26.0 Å². The van der Waals surface area contributed by atoms with E-state index in [2.05, 4.69) is 38.1 Å². The number of benzene rings is 1. The maximum Gasteiger partial charge on any atom is 0.0195 e. The van der Waals surface area contributed by atoms with Crippen molar-refractivity contribution in [2.45, 2.75) is 56.4 Å². The molecule has 1 nitrogen and oxygen atoms in total. The van der Waals surface area contributed by atoms with Crippen molar-refractivity contribution < 1.29 is 0 Å². The first kappa shape index (κ1) is 10.3. The van der Waals surface area contributed by atoms with Crippen molar-refractivity contribution in [2.24, 2.45) is 5.73 Å². The minimum Gasteiger partial charge on any atom is -0.325 e. The van der Waals surface area contributed by atoms with E-state index in [0.29, 0.717) is 0 Å². The van der Waals surface area contributed by atoms with Crippen molar-refractivity contribution in [3.05, 3.63) is 35.4 Å². The third kappa shape index (κ3) is 1.49. The maximum atomic E-state index is 6.32. The second-order valence-electron chi connectivity index (χ2n) is 6.20. The van der Waals surface area contributed by atoms with Crippen molar-refractivity contribution in [3.8, 4) is 0 Å². The fourth-order valence-corrected chi connectivity index (χ4v) is 2.92. The van der Waals surface area contributed by atoms with Crippen LogP contribution in [0.1, 0.15) is 56.6 Å². The average Bonchev–Trinajstić information content (AvgIpc) is 3.10. The van der Waals surface area contributed by atoms with E-state index in [-0.39, 0.29) is 11.0 Å². The van der Waals surface area contributed by atoms with Crippen LogP contribution in [0.5, 0.6) is 0 Å². The van der Waals surface area contributed by atoms with Gasteiger partial charge in [-0.25, -0.2) is 0 Å². The van der Waals surface area contributed by atoms with Gasteiger partial charge in [-0.1, -0.05) is 24.3 Å². The van der Waals surface area contributed by atoms with Crippen LogP contribution in [0.25, 0.3) is 0 Å². The summed E-state index contributed by atoms with van der Waals surface area (Å²) < 4.78 is 0. The molecule has 0 unspecified atom stereocenters. The van der Waals surface area contributed by atoms with Gasteiger partial charge in [-0.05, 0) is 56.6 Å². The molecule has 86 valence electrons. The normalized spacial score (nSPS) is 23.2. The molecule has 0 heterocycles. The Balaban J connectivity index is 1.89. The highest BCUT2D eigenvalue weighted by molar-refractivity contribution is 5.39. The Hall–Kier alpha value is -0.820. The van der Waals surface area contributed by atoms with Crippen LogP contribution in [0.4, 0.5) is 0 Å². The van der Waals surface area contributed by atoms with Crippen LogP contribution in [-0.2, 0) is 5.41 Å². The van der Waals surface area contributed by atoms with E-state index in [0.717, 1.165) is 5.92 Å². The fourth-order valence-electron chi connectivity index (χ4n) is 2.92. The van der Waals surface area contributed by atoms with Gasteiger partial charge in [0.15, 0.2) is 0 Å². The molecule has 2 N–H and O–H groups in total. The van der Waals surface area contributed by atoms with Crippen molar-refractivity contribution in [3.63, 3.8) is 0 Å². The number of nitrogens with two attached hydrogens (primary N) is 1. The van der Waals surface area contributed by atoms with E-state index in [1.165, 1.54) is 36.8 Å². The summed E-state index contributed by atoms with van der Waals surface area (Å²) in [6, 6.07) is 9.27. The van der Waals surface area contributed by atoms with Gasteiger partial charge in [-0.3, -0.25) is 0 Å². The zero-order chi connectivity index (χ0) is 11.4. The van der Waals surface area contributed by atoms with Crippen molar-refractivity contribution >= 4 is 0 Å². The Morgan fingerprint density at radius 1 is 1.12 bits per heavy atom. The minimum absolute atomic E-state index is 0.0892. The summed E-state index contributed by atoms with van der Waals surface area (Å²) in [5.41, 5.74) is 9.46. The molecule has 0 atom stereocenters. The summed E-state index contributed by atoms with van der Waals surface area (Å²) in [5.74, 6) is 0.857. The van der Waals surface area contributed by atoms with Gasteiger partial charge in [0.2, 0.25) is 0 Å². The molecule has 1 aromatic rings. The SMILES string of the molecule is CC(C)(N)C1(c2ccc(C3CC3)cc2)CC1. The van der Waals surface area contributed by atoms with E-state index in [9.17, 15) is 0 Å². The Morgan fingerprint density at radius 3 is 2.06 bits per heavy atom. The second kappa shape index (κ2) is 3.10. The maximum absolute atomic E-state index is 6.32. The summed E-state index contributed by atoms with van der Waals surface area (Å²) in [4.78, 5) is 0. The summed E-state index contributed by atoms with van der Waals surface area (Å²) in [6.45, 7) is 4.32. The van der Waals surface area contributed by atoms with Crippen LogP contribution in [-0.4, -0.2) is 5.54 Å². The highest BCUT2D eigenvalue weighted by Gasteiger charge is 2.53. The Kier molecular flexibility index (Phi) is 2.00. The van der Waals surface area contributed by atoms with Crippen LogP contribution >= 0.6 is 0 Å². The van der Waals surface area contributed by atoms with E-state index in [1.54, 1.807) is 0 Å². The highest BCUT2D eigenvalue weighted by atomic mass is 14.8. The summed E-state index contributed by atoms with van der Waals surface area (Å²) >= 11 is 0. The quantitative estimate of drug-likeness (QED) is 0.822. The van der Waals surface area contributed by atoms with Gasteiger partial charge >= 0.3 is 0 Å². The molecule has 0 aliphatic heterocycles. The second-order valence-corrected chi connectivity index (χ2v) is 6.20. The van der Waals surface area contributed by atoms with Crippen LogP contribution in [0, 0.1) is 0 Å². The molecule has 0 aromatic heterocycles. The van der Waals surface area contributed by atoms with Gasteiger partial charge < -0.3 is 5.73 Å². The summed E-state index contributed by atoms with van der Waals surface area (Å²) in [6.07, 6.45) is 5.26. The first-order chi connectivity index (χ1) is 7.53. The zero-order valence-electron chi connectivity index (χ0n) is 10.3. The highest BCUT2D eigenvalue weighted by Crippen LogP contribution is 2.55. The average molecular weight is 215 g/mol. The lowest BCUT2D eigenvalue weighted by molar-refractivity contribution is 0.391. The molecular formula is C15H21N. The molecule has 0 spiro atoms. The molecule has 0 radical (unpaired) electrons. The summed E-state index contributed by atoms with van der Waals surface area (Å²) in [5, 5.41) is 0. The molecule has 0 bridgehead atoms. The lowest BCUT2D eigenvalue weighted by atomic mass is 9.79. The van der Waals surface area contributed by atoms with Crippen molar-refractivity contribution in [2.75, 3.05) is 0 Å². The zero-order valence-corrected chi connectivity index (χ0v) is 10.3. The van der Waals surface area contributed by atoms with Crippen molar-refractivity contribution in [1.29, 1.82) is 0 Å². The van der Waals surface area contributed by atoms with E-state index >= 15 is 0 Å². The predicted molar refractivity (Wildman–Crippen MR) is 67.6 cm³/mol. The van der Waals surface area contributed by atoms with Crippen LogP contribution in [0.3, 0.4) is 0 Å². The minimum atomic E-state index is -0.0892. The van der Waals surface area contributed by atoms with Crippen LogP contribution in [0.15, 0.2) is 24.3 Å². The molecule has 2 aliphatic carbocycles. The Labute approximate surface area is 98.0 Å². The van der Waals surface area contributed by atoms with E-state index in [1.807, 2.05) is 0 Å². The third-order valence-corrected chi connectivity index (χ3v) is 4.50. The third-order valence-electron chi connectivity index (χ3n) is 4.50. The molecule has 2 aliphatic rings. The predicted octanol–water partition coefficient (Wildman–Crippen LogP) is 3.33. The molecule has 2 fully saturated rings. The molecule has 1 heteroatoms. The Bertz CT molecular complexity index is 388. The van der Waals surface area contributed by atoms with Gasteiger partial charge in [0.25, 0.3) is 0 Å². The first-order valence-electron chi connectivity index (χ1n) is 6.42. The molecule has 3 rings (SSSR count).